The SMILES string of the molecule is [C-]#[N+]c1ccc(NCc2ccc(-c3cccc(F)c3C(=O)OC)cc2F)nc1. The first kappa shape index (κ1) is 19.0. The quantitative estimate of drug-likeness (QED) is 0.502. The maximum atomic E-state index is 14.6. The number of anilines is 1. The number of hydrogen-bond donors (Lipinski definition) is 1. The van der Waals surface area contributed by atoms with Gasteiger partial charge in [-0.2, -0.15) is 0 Å². The van der Waals surface area contributed by atoms with Crippen LogP contribution >= 0.6 is 0 Å². The van der Waals surface area contributed by atoms with E-state index in [0.29, 0.717) is 22.6 Å². The molecule has 2 aromatic carbocycles. The second-order valence-electron chi connectivity index (χ2n) is 5.83. The molecule has 0 radical (unpaired) electrons. The van der Waals surface area contributed by atoms with Crippen molar-refractivity contribution in [2.75, 3.05) is 12.4 Å². The van der Waals surface area contributed by atoms with Gasteiger partial charge in [0, 0.05) is 18.3 Å². The number of hydrogen-bond acceptors (Lipinski definition) is 4. The molecule has 3 rings (SSSR count). The van der Waals surface area contributed by atoms with E-state index in [0.717, 1.165) is 13.2 Å². The molecule has 0 amide bonds. The number of aromatic nitrogens is 1. The number of carbonyl (C=O) groups excluding carboxylic acids is 1. The Morgan fingerprint density at radius 3 is 2.64 bits per heavy atom. The average Bonchev–Trinajstić information content (AvgIpc) is 2.72. The minimum absolute atomic E-state index is 0.170. The molecule has 0 bridgehead atoms. The van der Waals surface area contributed by atoms with Crippen LogP contribution in [0, 0.1) is 18.2 Å². The van der Waals surface area contributed by atoms with Crippen molar-refractivity contribution < 1.29 is 18.3 Å². The number of nitrogens with zero attached hydrogens (tertiary/aromatic N) is 2. The molecule has 1 heterocycles. The minimum Gasteiger partial charge on any atom is -0.465 e. The summed E-state index contributed by atoms with van der Waals surface area (Å²) in [5.41, 5.74) is 1.16. The third-order valence-corrected chi connectivity index (χ3v) is 4.10. The Hall–Kier alpha value is -3.79. The van der Waals surface area contributed by atoms with Gasteiger partial charge in [0.15, 0.2) is 0 Å². The van der Waals surface area contributed by atoms with Crippen molar-refractivity contribution in [2.45, 2.75) is 6.54 Å². The van der Waals surface area contributed by atoms with Crippen LogP contribution in [0.2, 0.25) is 0 Å². The largest absolute Gasteiger partial charge is 0.465 e. The molecule has 28 heavy (non-hydrogen) atoms. The van der Waals surface area contributed by atoms with Gasteiger partial charge in [0.05, 0.1) is 13.7 Å². The smallest absolute Gasteiger partial charge is 0.341 e. The number of nitrogens with one attached hydrogen (secondary N) is 1. The lowest BCUT2D eigenvalue weighted by Gasteiger charge is -2.11. The molecule has 7 heteroatoms. The Labute approximate surface area is 160 Å². The molecule has 0 fully saturated rings. The van der Waals surface area contributed by atoms with Crippen LogP contribution in [0.25, 0.3) is 16.0 Å². The zero-order valence-electron chi connectivity index (χ0n) is 14.9. The third kappa shape index (κ3) is 3.96. The number of methoxy groups -OCH3 is 1. The van der Waals surface area contributed by atoms with Gasteiger partial charge in [-0.1, -0.05) is 30.3 Å². The van der Waals surface area contributed by atoms with Crippen LogP contribution in [0.4, 0.5) is 20.3 Å². The fourth-order valence-electron chi connectivity index (χ4n) is 2.67. The van der Waals surface area contributed by atoms with Crippen LogP contribution in [0.15, 0.2) is 54.7 Å². The molecular weight excluding hydrogens is 364 g/mol. The topological polar surface area (TPSA) is 55.6 Å². The number of rotatable bonds is 5. The van der Waals surface area contributed by atoms with Crippen LogP contribution in [0.3, 0.4) is 0 Å². The molecule has 1 N–H and O–H groups in total. The highest BCUT2D eigenvalue weighted by atomic mass is 19.1. The third-order valence-electron chi connectivity index (χ3n) is 4.10. The standard InChI is InChI=1S/C21H15F2N3O2/c1-24-15-8-9-19(26-12-15)25-11-14-7-6-13(10-18(14)23)16-4-3-5-17(22)20(16)21(27)28-2/h3-10,12H,11H2,2H3,(H,25,26). The van der Waals surface area contributed by atoms with E-state index >= 15 is 0 Å². The van der Waals surface area contributed by atoms with Crippen molar-refractivity contribution in [3.8, 4) is 11.1 Å². The minimum atomic E-state index is -0.826. The first-order valence-corrected chi connectivity index (χ1v) is 8.26. The Bertz CT molecular complexity index is 1060. The highest BCUT2D eigenvalue weighted by molar-refractivity contribution is 5.97. The van der Waals surface area contributed by atoms with Crippen LogP contribution in [0.5, 0.6) is 0 Å². The highest BCUT2D eigenvalue weighted by Crippen LogP contribution is 2.28. The maximum Gasteiger partial charge on any atom is 0.341 e. The Morgan fingerprint density at radius 2 is 2.00 bits per heavy atom. The van der Waals surface area contributed by atoms with Gasteiger partial charge in [-0.3, -0.25) is 4.98 Å². The Balaban J connectivity index is 1.84. The lowest BCUT2D eigenvalue weighted by Crippen LogP contribution is -2.07. The summed E-state index contributed by atoms with van der Waals surface area (Å²) in [5, 5.41) is 2.97. The van der Waals surface area contributed by atoms with Crippen LogP contribution < -0.4 is 5.32 Å². The lowest BCUT2D eigenvalue weighted by atomic mass is 9.98. The summed E-state index contributed by atoms with van der Waals surface area (Å²) in [6, 6.07) is 11.8. The number of ether oxygens (including phenoxy) is 1. The first-order valence-electron chi connectivity index (χ1n) is 8.26. The monoisotopic (exact) mass is 379 g/mol. The van der Waals surface area contributed by atoms with Crippen molar-refractivity contribution >= 4 is 17.5 Å². The van der Waals surface area contributed by atoms with E-state index in [9.17, 15) is 13.6 Å². The highest BCUT2D eigenvalue weighted by Gasteiger charge is 2.19. The fraction of sp³-hybridized carbons (Fsp3) is 0.0952. The van der Waals surface area contributed by atoms with Crippen molar-refractivity contribution in [1.82, 2.24) is 4.98 Å². The van der Waals surface area contributed by atoms with E-state index in [1.54, 1.807) is 24.3 Å². The molecule has 1 aromatic heterocycles. The predicted octanol–water partition coefficient (Wildman–Crippen LogP) is 4.98. The molecule has 140 valence electrons. The summed E-state index contributed by atoms with van der Waals surface area (Å²) in [6.45, 7) is 7.07. The van der Waals surface area contributed by atoms with E-state index in [-0.39, 0.29) is 17.7 Å². The molecule has 5 nitrogen and oxygen atoms in total. The number of benzene rings is 2. The fourth-order valence-corrected chi connectivity index (χ4v) is 2.67. The summed E-state index contributed by atoms with van der Waals surface area (Å²) in [5.74, 6) is -1.56. The van der Waals surface area contributed by atoms with Gasteiger partial charge >= 0.3 is 5.97 Å². The molecule has 0 spiro atoms. The summed E-state index contributed by atoms with van der Waals surface area (Å²) in [6.07, 6.45) is 1.42. The van der Waals surface area contributed by atoms with Crippen molar-refractivity contribution in [3.63, 3.8) is 0 Å². The van der Waals surface area contributed by atoms with E-state index in [4.69, 9.17) is 6.57 Å². The van der Waals surface area contributed by atoms with Crippen molar-refractivity contribution in [2.24, 2.45) is 0 Å². The molecule has 0 saturated heterocycles. The zero-order chi connectivity index (χ0) is 20.1. The molecule has 0 saturated carbocycles. The summed E-state index contributed by atoms with van der Waals surface area (Å²) < 4.78 is 33.3. The molecule has 0 atom stereocenters. The van der Waals surface area contributed by atoms with Crippen LogP contribution in [-0.2, 0) is 11.3 Å². The van der Waals surface area contributed by atoms with Gasteiger partial charge in [0.2, 0.25) is 5.69 Å². The lowest BCUT2D eigenvalue weighted by molar-refractivity contribution is 0.0596. The average molecular weight is 379 g/mol. The Morgan fingerprint density at radius 1 is 1.18 bits per heavy atom. The molecule has 0 aliphatic heterocycles. The molecule has 3 aromatic rings. The van der Waals surface area contributed by atoms with E-state index in [2.05, 4.69) is 19.9 Å². The number of halogens is 2. The molecular formula is C21H15F2N3O2. The molecule has 0 unspecified atom stereocenters. The zero-order valence-corrected chi connectivity index (χ0v) is 14.9. The Kier molecular flexibility index (Phi) is 5.61. The van der Waals surface area contributed by atoms with Gasteiger partial charge in [0.1, 0.15) is 23.0 Å². The number of pyridine rings is 1. The van der Waals surface area contributed by atoms with Crippen LogP contribution in [0.1, 0.15) is 15.9 Å². The van der Waals surface area contributed by atoms with Crippen LogP contribution in [-0.4, -0.2) is 18.1 Å². The number of carbonyl (C=O) groups is 1. The number of esters is 1. The summed E-state index contributed by atoms with van der Waals surface area (Å²) >= 11 is 0. The van der Waals surface area contributed by atoms with Gasteiger partial charge < -0.3 is 10.1 Å². The van der Waals surface area contributed by atoms with Gasteiger partial charge in [-0.05, 0) is 29.3 Å². The van der Waals surface area contributed by atoms with Crippen molar-refractivity contribution in [3.05, 3.63) is 88.9 Å². The normalized spacial score (nSPS) is 10.2. The van der Waals surface area contributed by atoms with E-state index < -0.39 is 17.6 Å². The van der Waals surface area contributed by atoms with E-state index in [1.165, 1.54) is 24.4 Å². The summed E-state index contributed by atoms with van der Waals surface area (Å²) in [4.78, 5) is 19.2. The summed E-state index contributed by atoms with van der Waals surface area (Å²) in [7, 11) is 1.16. The molecule has 0 aliphatic carbocycles. The second-order valence-corrected chi connectivity index (χ2v) is 5.83. The van der Waals surface area contributed by atoms with Gasteiger partial charge in [-0.25, -0.2) is 18.4 Å². The second kappa shape index (κ2) is 8.27. The van der Waals surface area contributed by atoms with E-state index in [1.807, 2.05) is 0 Å². The predicted molar refractivity (Wildman–Crippen MR) is 101 cm³/mol. The molecule has 0 aliphatic rings. The van der Waals surface area contributed by atoms with Gasteiger partial charge in [-0.15, -0.1) is 0 Å². The first-order chi connectivity index (χ1) is 13.5. The van der Waals surface area contributed by atoms with Gasteiger partial charge in [0.25, 0.3) is 0 Å². The maximum absolute atomic E-state index is 14.6. The van der Waals surface area contributed by atoms with Crippen molar-refractivity contribution in [1.29, 1.82) is 0 Å².